The Kier molecular flexibility index (Phi) is 7.63. The van der Waals surface area contributed by atoms with E-state index >= 15 is 0 Å². The third-order valence-electron chi connectivity index (χ3n) is 4.38. The lowest BCUT2D eigenvalue weighted by Crippen LogP contribution is -2.24. The van der Waals surface area contributed by atoms with Gasteiger partial charge in [-0.05, 0) is 54.4 Å². The third-order valence-corrected chi connectivity index (χ3v) is 5.74. The van der Waals surface area contributed by atoms with Gasteiger partial charge in [0, 0.05) is 16.3 Å². The smallest absolute Gasteiger partial charge is 0.237 e. The molecular formula is C24H23FN2O2S. The Bertz CT molecular complexity index is 994. The molecule has 3 aromatic carbocycles. The summed E-state index contributed by atoms with van der Waals surface area (Å²) in [4.78, 5) is 25.8. The number of halogens is 1. The van der Waals surface area contributed by atoms with E-state index in [0.717, 1.165) is 10.5 Å². The minimum Gasteiger partial charge on any atom is -0.326 e. The molecule has 1 atom stereocenters. The van der Waals surface area contributed by atoms with Gasteiger partial charge in [0.2, 0.25) is 11.8 Å². The van der Waals surface area contributed by atoms with Crippen LogP contribution in [-0.4, -0.2) is 17.1 Å². The van der Waals surface area contributed by atoms with Crippen LogP contribution < -0.4 is 10.6 Å². The fourth-order valence-corrected chi connectivity index (χ4v) is 3.89. The monoisotopic (exact) mass is 422 g/mol. The minimum absolute atomic E-state index is 0.0931. The molecule has 2 amide bonds. The van der Waals surface area contributed by atoms with Crippen molar-refractivity contribution in [3.8, 4) is 0 Å². The molecule has 3 aromatic rings. The highest BCUT2D eigenvalue weighted by Crippen LogP contribution is 2.28. The molecule has 3 rings (SSSR count). The quantitative estimate of drug-likeness (QED) is 0.470. The Morgan fingerprint density at radius 3 is 2.33 bits per heavy atom. The summed E-state index contributed by atoms with van der Waals surface area (Å²) in [5.74, 6) is -0.586. The van der Waals surface area contributed by atoms with Gasteiger partial charge in [0.15, 0.2) is 0 Å². The van der Waals surface area contributed by atoms with Gasteiger partial charge in [0.1, 0.15) is 5.82 Å². The van der Waals surface area contributed by atoms with Crippen molar-refractivity contribution in [2.75, 3.05) is 10.6 Å². The molecule has 0 spiro atoms. The molecule has 0 aromatic heterocycles. The lowest BCUT2D eigenvalue weighted by atomic mass is 10.1. The number of amides is 2. The standard InChI is InChI=1S/C24H23FN2O2S/c1-2-22(24(29)27-19-13-11-18(25)12-14-19)30-21-10-6-9-20(16-21)26-23(28)15-17-7-4-3-5-8-17/h3-14,16,22H,2,15H2,1H3,(H,26,28)(H,27,29). The largest absolute Gasteiger partial charge is 0.326 e. The van der Waals surface area contributed by atoms with E-state index in [2.05, 4.69) is 10.6 Å². The first-order chi connectivity index (χ1) is 14.5. The molecule has 30 heavy (non-hydrogen) atoms. The maximum Gasteiger partial charge on any atom is 0.237 e. The van der Waals surface area contributed by atoms with Crippen LogP contribution in [0.2, 0.25) is 0 Å². The molecule has 0 aliphatic rings. The second kappa shape index (κ2) is 10.6. The molecule has 0 heterocycles. The zero-order valence-corrected chi connectivity index (χ0v) is 17.4. The average molecular weight is 423 g/mol. The molecule has 1 unspecified atom stereocenters. The van der Waals surface area contributed by atoms with E-state index < -0.39 is 0 Å². The predicted molar refractivity (Wildman–Crippen MR) is 120 cm³/mol. The van der Waals surface area contributed by atoms with Crippen LogP contribution in [0.15, 0.2) is 83.8 Å². The first-order valence-corrected chi connectivity index (χ1v) is 10.6. The van der Waals surface area contributed by atoms with Gasteiger partial charge in [-0.25, -0.2) is 4.39 Å². The first kappa shape index (κ1) is 21.6. The van der Waals surface area contributed by atoms with Crippen molar-refractivity contribution in [2.24, 2.45) is 0 Å². The van der Waals surface area contributed by atoms with Crippen molar-refractivity contribution in [3.63, 3.8) is 0 Å². The summed E-state index contributed by atoms with van der Waals surface area (Å²) < 4.78 is 13.0. The molecule has 0 fully saturated rings. The molecule has 6 heteroatoms. The fourth-order valence-electron chi connectivity index (χ4n) is 2.88. The van der Waals surface area contributed by atoms with E-state index in [1.54, 1.807) is 0 Å². The van der Waals surface area contributed by atoms with Gasteiger partial charge < -0.3 is 10.6 Å². The molecule has 0 bridgehead atoms. The van der Waals surface area contributed by atoms with Crippen LogP contribution in [-0.2, 0) is 16.0 Å². The zero-order chi connectivity index (χ0) is 21.3. The molecule has 4 nitrogen and oxygen atoms in total. The molecular weight excluding hydrogens is 399 g/mol. The molecule has 0 saturated heterocycles. The zero-order valence-electron chi connectivity index (χ0n) is 16.6. The summed E-state index contributed by atoms with van der Waals surface area (Å²) in [6.07, 6.45) is 0.929. The first-order valence-electron chi connectivity index (χ1n) is 9.70. The van der Waals surface area contributed by atoms with Crippen LogP contribution >= 0.6 is 11.8 Å². The number of rotatable bonds is 8. The summed E-state index contributed by atoms with van der Waals surface area (Å²) in [5, 5.41) is 5.41. The number of anilines is 2. The normalized spacial score (nSPS) is 11.5. The van der Waals surface area contributed by atoms with E-state index in [1.807, 2.05) is 61.5 Å². The van der Waals surface area contributed by atoms with E-state index in [9.17, 15) is 14.0 Å². The van der Waals surface area contributed by atoms with Crippen molar-refractivity contribution >= 4 is 35.0 Å². The molecule has 0 aliphatic carbocycles. The van der Waals surface area contributed by atoms with Crippen LogP contribution in [0, 0.1) is 5.82 Å². The summed E-state index contributed by atoms with van der Waals surface area (Å²) >= 11 is 1.43. The Balaban J connectivity index is 1.60. The molecule has 0 saturated carbocycles. The maximum absolute atomic E-state index is 13.0. The van der Waals surface area contributed by atoms with E-state index in [0.29, 0.717) is 24.2 Å². The third kappa shape index (κ3) is 6.46. The van der Waals surface area contributed by atoms with Gasteiger partial charge in [-0.15, -0.1) is 11.8 Å². The molecule has 0 aliphatic heterocycles. The highest BCUT2D eigenvalue weighted by Gasteiger charge is 2.18. The Morgan fingerprint density at radius 1 is 0.900 bits per heavy atom. The number of carbonyl (C=O) groups is 2. The maximum atomic E-state index is 13.0. The topological polar surface area (TPSA) is 58.2 Å². The molecule has 0 radical (unpaired) electrons. The SMILES string of the molecule is CCC(Sc1cccc(NC(=O)Cc2ccccc2)c1)C(=O)Nc1ccc(F)cc1. The number of thioether (sulfide) groups is 1. The predicted octanol–water partition coefficient (Wildman–Crippen LogP) is 5.52. The molecule has 154 valence electrons. The van der Waals surface area contributed by atoms with Crippen molar-refractivity contribution in [1.82, 2.24) is 0 Å². The van der Waals surface area contributed by atoms with E-state index in [-0.39, 0.29) is 22.9 Å². The fraction of sp³-hybridized carbons (Fsp3) is 0.167. The Labute approximate surface area is 179 Å². The number of nitrogens with one attached hydrogen (secondary N) is 2. The van der Waals surface area contributed by atoms with Gasteiger partial charge in [-0.1, -0.05) is 43.3 Å². The summed E-state index contributed by atoms with van der Waals surface area (Å²) in [5.41, 5.74) is 2.20. The van der Waals surface area contributed by atoms with Crippen LogP contribution in [0.25, 0.3) is 0 Å². The minimum atomic E-state index is -0.347. The van der Waals surface area contributed by atoms with Crippen molar-refractivity contribution in [1.29, 1.82) is 0 Å². The highest BCUT2D eigenvalue weighted by molar-refractivity contribution is 8.00. The summed E-state index contributed by atoms with van der Waals surface area (Å²) in [6, 6.07) is 22.7. The van der Waals surface area contributed by atoms with E-state index in [1.165, 1.54) is 36.0 Å². The van der Waals surface area contributed by atoms with Crippen LogP contribution in [0.5, 0.6) is 0 Å². The van der Waals surface area contributed by atoms with Crippen LogP contribution in [0.4, 0.5) is 15.8 Å². The van der Waals surface area contributed by atoms with Crippen molar-refractivity contribution < 1.29 is 14.0 Å². The number of hydrogen-bond acceptors (Lipinski definition) is 3. The second-order valence-corrected chi connectivity index (χ2v) is 8.03. The van der Waals surface area contributed by atoms with Crippen LogP contribution in [0.1, 0.15) is 18.9 Å². The lowest BCUT2D eigenvalue weighted by molar-refractivity contribution is -0.116. The lowest BCUT2D eigenvalue weighted by Gasteiger charge is -2.15. The van der Waals surface area contributed by atoms with Gasteiger partial charge in [0.05, 0.1) is 11.7 Å². The summed E-state index contributed by atoms with van der Waals surface area (Å²) in [7, 11) is 0. The van der Waals surface area contributed by atoms with Gasteiger partial charge in [-0.3, -0.25) is 9.59 Å². The number of hydrogen-bond donors (Lipinski definition) is 2. The van der Waals surface area contributed by atoms with Gasteiger partial charge in [-0.2, -0.15) is 0 Å². The highest BCUT2D eigenvalue weighted by atomic mass is 32.2. The number of benzene rings is 3. The van der Waals surface area contributed by atoms with Crippen molar-refractivity contribution in [2.45, 2.75) is 29.9 Å². The Hall–Kier alpha value is -3.12. The van der Waals surface area contributed by atoms with Gasteiger partial charge >= 0.3 is 0 Å². The Morgan fingerprint density at radius 2 is 1.63 bits per heavy atom. The van der Waals surface area contributed by atoms with Gasteiger partial charge in [0.25, 0.3) is 0 Å². The average Bonchev–Trinajstić information content (AvgIpc) is 2.74. The van der Waals surface area contributed by atoms with Crippen molar-refractivity contribution in [3.05, 3.63) is 90.2 Å². The van der Waals surface area contributed by atoms with E-state index in [4.69, 9.17) is 0 Å². The summed E-state index contributed by atoms with van der Waals surface area (Å²) in [6.45, 7) is 1.94. The number of carbonyl (C=O) groups excluding carboxylic acids is 2. The second-order valence-electron chi connectivity index (χ2n) is 6.75. The van der Waals surface area contributed by atoms with Crippen LogP contribution in [0.3, 0.4) is 0 Å². The molecule has 2 N–H and O–H groups in total.